The van der Waals surface area contributed by atoms with Gasteiger partial charge in [0, 0.05) is 25.3 Å². The highest BCUT2D eigenvalue weighted by Crippen LogP contribution is 2.26. The lowest BCUT2D eigenvalue weighted by atomic mass is 9.87. The lowest BCUT2D eigenvalue weighted by Gasteiger charge is -2.42. The number of hydrogen-bond acceptors (Lipinski definition) is 3. The molecule has 4 heteroatoms. The van der Waals surface area contributed by atoms with Gasteiger partial charge >= 0.3 is 0 Å². The van der Waals surface area contributed by atoms with Crippen LogP contribution in [-0.4, -0.2) is 36.6 Å². The van der Waals surface area contributed by atoms with Crippen LogP contribution in [0.4, 0.5) is 10.1 Å². The first-order chi connectivity index (χ1) is 9.17. The van der Waals surface area contributed by atoms with E-state index in [9.17, 15) is 4.39 Å². The molecule has 0 atom stereocenters. The molecule has 1 aromatic carbocycles. The second-order valence-electron chi connectivity index (χ2n) is 5.46. The molecule has 0 aromatic heterocycles. The predicted octanol–water partition coefficient (Wildman–Crippen LogP) is 2.44. The van der Waals surface area contributed by atoms with Crippen LogP contribution in [0.3, 0.4) is 0 Å². The van der Waals surface area contributed by atoms with Gasteiger partial charge in [-0.3, -0.25) is 0 Å². The fraction of sp³-hybridized carbons (Fsp3) is 0.600. The van der Waals surface area contributed by atoms with Gasteiger partial charge in [0.05, 0.1) is 5.54 Å². The van der Waals surface area contributed by atoms with Crippen molar-refractivity contribution in [3.8, 4) is 0 Å². The molecule has 0 aliphatic carbocycles. The molecule has 1 aromatic rings. The summed E-state index contributed by atoms with van der Waals surface area (Å²) in [6, 6.07) is 6.63. The SMILES string of the molecule is CCCN1CCC(CN)(Nc2cccc(F)c2)CC1. The van der Waals surface area contributed by atoms with E-state index in [0.717, 1.165) is 38.2 Å². The smallest absolute Gasteiger partial charge is 0.125 e. The van der Waals surface area contributed by atoms with Crippen molar-refractivity contribution in [2.75, 3.05) is 31.5 Å². The van der Waals surface area contributed by atoms with Crippen LogP contribution in [0, 0.1) is 5.82 Å². The number of nitrogens with two attached hydrogens (primary N) is 1. The molecule has 106 valence electrons. The third kappa shape index (κ3) is 3.67. The van der Waals surface area contributed by atoms with Gasteiger partial charge in [-0.15, -0.1) is 0 Å². The van der Waals surface area contributed by atoms with Crippen molar-refractivity contribution < 1.29 is 4.39 Å². The third-order valence-corrected chi connectivity index (χ3v) is 3.98. The molecule has 0 radical (unpaired) electrons. The normalized spacial score (nSPS) is 19.3. The molecule has 1 fully saturated rings. The topological polar surface area (TPSA) is 41.3 Å². The lowest BCUT2D eigenvalue weighted by molar-refractivity contribution is 0.177. The van der Waals surface area contributed by atoms with E-state index in [1.807, 2.05) is 6.07 Å². The molecule has 3 N–H and O–H groups in total. The molecule has 0 bridgehead atoms. The maximum atomic E-state index is 13.2. The molecular formula is C15H24FN3. The van der Waals surface area contributed by atoms with Crippen LogP contribution in [-0.2, 0) is 0 Å². The van der Waals surface area contributed by atoms with E-state index in [1.165, 1.54) is 18.6 Å². The number of nitrogens with one attached hydrogen (secondary N) is 1. The van der Waals surface area contributed by atoms with E-state index >= 15 is 0 Å². The highest BCUT2D eigenvalue weighted by molar-refractivity contribution is 5.46. The van der Waals surface area contributed by atoms with E-state index in [1.54, 1.807) is 6.07 Å². The molecule has 0 amide bonds. The summed E-state index contributed by atoms with van der Waals surface area (Å²) in [6.45, 7) is 6.07. The molecular weight excluding hydrogens is 241 g/mol. The lowest BCUT2D eigenvalue weighted by Crippen LogP contribution is -2.53. The third-order valence-electron chi connectivity index (χ3n) is 3.98. The van der Waals surface area contributed by atoms with Crippen LogP contribution in [0.15, 0.2) is 24.3 Å². The van der Waals surface area contributed by atoms with Gasteiger partial charge in [-0.05, 0) is 44.0 Å². The van der Waals surface area contributed by atoms with Crippen LogP contribution in [0.5, 0.6) is 0 Å². The van der Waals surface area contributed by atoms with Crippen molar-refractivity contribution in [2.45, 2.75) is 31.7 Å². The average molecular weight is 265 g/mol. The first-order valence-electron chi connectivity index (χ1n) is 7.14. The van der Waals surface area contributed by atoms with Gasteiger partial charge < -0.3 is 16.0 Å². The number of halogens is 1. The number of likely N-dealkylation sites (tertiary alicyclic amines) is 1. The van der Waals surface area contributed by atoms with Crippen molar-refractivity contribution in [1.29, 1.82) is 0 Å². The highest BCUT2D eigenvalue weighted by atomic mass is 19.1. The Bertz CT molecular complexity index is 400. The second kappa shape index (κ2) is 6.35. The molecule has 3 nitrogen and oxygen atoms in total. The van der Waals surface area contributed by atoms with E-state index < -0.39 is 0 Å². The molecule has 2 rings (SSSR count). The summed E-state index contributed by atoms with van der Waals surface area (Å²) < 4.78 is 13.2. The van der Waals surface area contributed by atoms with E-state index in [-0.39, 0.29) is 11.4 Å². The molecule has 0 saturated carbocycles. The predicted molar refractivity (Wildman–Crippen MR) is 77.8 cm³/mol. The fourth-order valence-corrected chi connectivity index (χ4v) is 2.77. The summed E-state index contributed by atoms with van der Waals surface area (Å²) in [4.78, 5) is 2.47. The Morgan fingerprint density at radius 3 is 2.68 bits per heavy atom. The first-order valence-corrected chi connectivity index (χ1v) is 7.14. The van der Waals surface area contributed by atoms with Crippen molar-refractivity contribution >= 4 is 5.69 Å². The highest BCUT2D eigenvalue weighted by Gasteiger charge is 2.32. The Labute approximate surface area is 115 Å². The minimum atomic E-state index is -0.208. The van der Waals surface area contributed by atoms with Crippen molar-refractivity contribution in [3.63, 3.8) is 0 Å². The van der Waals surface area contributed by atoms with Gasteiger partial charge in [-0.2, -0.15) is 0 Å². The first kappa shape index (κ1) is 14.3. The van der Waals surface area contributed by atoms with Crippen LogP contribution in [0.2, 0.25) is 0 Å². The van der Waals surface area contributed by atoms with Gasteiger partial charge in [0.2, 0.25) is 0 Å². The van der Waals surface area contributed by atoms with Crippen molar-refractivity contribution in [3.05, 3.63) is 30.1 Å². The van der Waals surface area contributed by atoms with Gasteiger partial charge in [-0.1, -0.05) is 13.0 Å². The number of benzene rings is 1. The Balaban J connectivity index is 2.00. The second-order valence-corrected chi connectivity index (χ2v) is 5.46. The number of rotatable bonds is 5. The van der Waals surface area contributed by atoms with Crippen LogP contribution >= 0.6 is 0 Å². The summed E-state index contributed by atoms with van der Waals surface area (Å²) in [7, 11) is 0. The van der Waals surface area contributed by atoms with Crippen LogP contribution < -0.4 is 11.1 Å². The van der Waals surface area contributed by atoms with Gasteiger partial charge in [0.15, 0.2) is 0 Å². The molecule has 1 aliphatic rings. The number of nitrogens with zero attached hydrogens (tertiary/aromatic N) is 1. The summed E-state index contributed by atoms with van der Waals surface area (Å²) in [5.41, 5.74) is 6.71. The Hall–Kier alpha value is -1.13. The zero-order chi connectivity index (χ0) is 13.7. The molecule has 1 heterocycles. The molecule has 1 aliphatic heterocycles. The van der Waals surface area contributed by atoms with Crippen LogP contribution in [0.25, 0.3) is 0 Å². The quantitative estimate of drug-likeness (QED) is 0.859. The zero-order valence-electron chi connectivity index (χ0n) is 11.7. The Morgan fingerprint density at radius 2 is 2.11 bits per heavy atom. The molecule has 0 spiro atoms. The van der Waals surface area contributed by atoms with Gasteiger partial charge in [0.25, 0.3) is 0 Å². The maximum Gasteiger partial charge on any atom is 0.125 e. The van der Waals surface area contributed by atoms with E-state index in [4.69, 9.17) is 5.73 Å². The minimum Gasteiger partial charge on any atom is -0.378 e. The fourth-order valence-electron chi connectivity index (χ4n) is 2.77. The number of anilines is 1. The monoisotopic (exact) mass is 265 g/mol. The number of hydrogen-bond donors (Lipinski definition) is 2. The average Bonchev–Trinajstić information content (AvgIpc) is 2.42. The summed E-state index contributed by atoms with van der Waals surface area (Å²) >= 11 is 0. The maximum absolute atomic E-state index is 13.2. The molecule has 19 heavy (non-hydrogen) atoms. The Kier molecular flexibility index (Phi) is 4.77. The summed E-state index contributed by atoms with van der Waals surface area (Å²) in [5.74, 6) is -0.208. The van der Waals surface area contributed by atoms with E-state index in [0.29, 0.717) is 6.54 Å². The van der Waals surface area contributed by atoms with Crippen molar-refractivity contribution in [2.24, 2.45) is 5.73 Å². The summed E-state index contributed by atoms with van der Waals surface area (Å²) in [6.07, 6.45) is 3.22. The Morgan fingerprint density at radius 1 is 1.37 bits per heavy atom. The van der Waals surface area contributed by atoms with Crippen LogP contribution in [0.1, 0.15) is 26.2 Å². The van der Waals surface area contributed by atoms with Gasteiger partial charge in [0.1, 0.15) is 5.82 Å². The molecule has 1 saturated heterocycles. The number of piperidine rings is 1. The summed E-state index contributed by atoms with van der Waals surface area (Å²) in [5, 5.41) is 3.46. The standard InChI is InChI=1S/C15H24FN3/c1-2-8-19-9-6-15(12-17,7-10-19)18-14-5-3-4-13(16)11-14/h3-5,11,18H,2,6-10,12,17H2,1H3. The largest absolute Gasteiger partial charge is 0.378 e. The minimum absolute atomic E-state index is 0.0853. The molecule has 0 unspecified atom stereocenters. The van der Waals surface area contributed by atoms with Gasteiger partial charge in [-0.25, -0.2) is 4.39 Å². The zero-order valence-corrected chi connectivity index (χ0v) is 11.7. The van der Waals surface area contributed by atoms with Crippen molar-refractivity contribution in [1.82, 2.24) is 4.90 Å². The van der Waals surface area contributed by atoms with E-state index in [2.05, 4.69) is 17.1 Å².